The number of hydrogen-bond acceptors (Lipinski definition) is 4. The van der Waals surface area contributed by atoms with E-state index in [9.17, 15) is 9.90 Å². The number of hydrogen-bond donors (Lipinski definition) is 2. The lowest BCUT2D eigenvalue weighted by atomic mass is 10.0. The predicted octanol–water partition coefficient (Wildman–Crippen LogP) is 1.60. The number of aliphatic hydroxyl groups is 1. The van der Waals surface area contributed by atoms with Gasteiger partial charge in [-0.05, 0) is 25.2 Å². The van der Waals surface area contributed by atoms with E-state index in [0.717, 1.165) is 32.4 Å². The molecule has 1 aliphatic heterocycles. The Morgan fingerprint density at radius 1 is 1.42 bits per heavy atom. The van der Waals surface area contributed by atoms with Crippen LogP contribution in [0.4, 0.5) is 4.79 Å². The molecule has 1 heterocycles. The molecule has 0 aliphatic carbocycles. The van der Waals surface area contributed by atoms with Crippen molar-refractivity contribution in [3.05, 3.63) is 0 Å². The lowest BCUT2D eigenvalue weighted by molar-refractivity contribution is 0.0800. The van der Waals surface area contributed by atoms with Crippen LogP contribution in [0.3, 0.4) is 0 Å². The predicted molar refractivity (Wildman–Crippen MR) is 75.1 cm³/mol. The van der Waals surface area contributed by atoms with Gasteiger partial charge in [-0.25, -0.2) is 4.79 Å². The van der Waals surface area contributed by atoms with E-state index in [2.05, 4.69) is 12.2 Å². The van der Waals surface area contributed by atoms with Crippen LogP contribution in [-0.4, -0.2) is 54.5 Å². The number of nitrogens with one attached hydrogen (secondary N) is 1. The van der Waals surface area contributed by atoms with Crippen molar-refractivity contribution < 1.29 is 14.6 Å². The van der Waals surface area contributed by atoms with Crippen LogP contribution in [0, 0.1) is 5.92 Å². The average molecular weight is 272 g/mol. The minimum Gasteiger partial charge on any atom is -0.449 e. The van der Waals surface area contributed by atoms with E-state index >= 15 is 0 Å². The van der Waals surface area contributed by atoms with Crippen LogP contribution < -0.4 is 5.32 Å². The molecule has 1 unspecified atom stereocenters. The van der Waals surface area contributed by atoms with Gasteiger partial charge in [-0.15, -0.1) is 0 Å². The molecule has 1 amide bonds. The summed E-state index contributed by atoms with van der Waals surface area (Å²) in [4.78, 5) is 13.6. The molecule has 0 spiro atoms. The van der Waals surface area contributed by atoms with Crippen LogP contribution in [0.25, 0.3) is 0 Å². The molecule has 0 bridgehead atoms. The fourth-order valence-electron chi connectivity index (χ4n) is 2.19. The number of aliphatic hydroxyl groups excluding tert-OH is 1. The molecule has 112 valence electrons. The molecule has 1 fully saturated rings. The van der Waals surface area contributed by atoms with Gasteiger partial charge in [0.2, 0.25) is 0 Å². The fraction of sp³-hybridized carbons (Fsp3) is 0.929. The molecule has 1 aliphatic rings. The van der Waals surface area contributed by atoms with Crippen LogP contribution in [0.1, 0.15) is 40.0 Å². The molecule has 1 rings (SSSR count). The Hall–Kier alpha value is -0.810. The van der Waals surface area contributed by atoms with Gasteiger partial charge in [0, 0.05) is 25.2 Å². The minimum atomic E-state index is -0.193. The number of rotatable bonds is 6. The molecule has 2 N–H and O–H groups in total. The second-order valence-electron chi connectivity index (χ2n) is 5.69. The van der Waals surface area contributed by atoms with Gasteiger partial charge in [-0.1, -0.05) is 20.8 Å². The molecular formula is C14H28N2O3. The molecule has 5 nitrogen and oxygen atoms in total. The summed E-state index contributed by atoms with van der Waals surface area (Å²) in [5.74, 6) is 0.373. The van der Waals surface area contributed by atoms with Gasteiger partial charge in [0.25, 0.3) is 0 Å². The Kier molecular flexibility index (Phi) is 7.16. The molecule has 0 aromatic heterocycles. The maximum absolute atomic E-state index is 11.8. The Balaban J connectivity index is 2.26. The van der Waals surface area contributed by atoms with Gasteiger partial charge in [0.1, 0.15) is 0 Å². The highest BCUT2D eigenvalue weighted by Gasteiger charge is 2.24. The zero-order valence-electron chi connectivity index (χ0n) is 12.4. The molecule has 0 aromatic carbocycles. The van der Waals surface area contributed by atoms with Gasteiger partial charge in [-0.3, -0.25) is 0 Å². The Morgan fingerprint density at radius 3 is 2.53 bits per heavy atom. The normalized spacial score (nSPS) is 18.7. The highest BCUT2D eigenvalue weighted by Crippen LogP contribution is 2.13. The Morgan fingerprint density at radius 2 is 2.05 bits per heavy atom. The summed E-state index contributed by atoms with van der Waals surface area (Å²) in [6, 6.07) is 0.565. The van der Waals surface area contributed by atoms with Crippen LogP contribution >= 0.6 is 0 Å². The van der Waals surface area contributed by atoms with Gasteiger partial charge >= 0.3 is 6.09 Å². The fourth-order valence-corrected chi connectivity index (χ4v) is 2.19. The third-order valence-corrected chi connectivity index (χ3v) is 3.48. The van der Waals surface area contributed by atoms with Crippen molar-refractivity contribution in [2.75, 3.05) is 26.3 Å². The third-order valence-electron chi connectivity index (χ3n) is 3.48. The zero-order chi connectivity index (χ0) is 14.3. The molecule has 1 atom stereocenters. The first-order valence-electron chi connectivity index (χ1n) is 7.35. The summed E-state index contributed by atoms with van der Waals surface area (Å²) < 4.78 is 5.23. The first-order chi connectivity index (χ1) is 9.06. The van der Waals surface area contributed by atoms with Crippen LogP contribution in [0.2, 0.25) is 0 Å². The number of carbonyl (C=O) groups is 1. The van der Waals surface area contributed by atoms with Crippen molar-refractivity contribution >= 4 is 6.09 Å². The highest BCUT2D eigenvalue weighted by molar-refractivity contribution is 5.67. The molecule has 1 saturated heterocycles. The lowest BCUT2D eigenvalue weighted by Gasteiger charge is -2.33. The molecule has 5 heteroatoms. The number of likely N-dealkylation sites (tertiary alicyclic amines) is 1. The van der Waals surface area contributed by atoms with Crippen molar-refractivity contribution in [1.82, 2.24) is 10.2 Å². The summed E-state index contributed by atoms with van der Waals surface area (Å²) in [5.41, 5.74) is 0. The largest absolute Gasteiger partial charge is 0.449 e. The highest BCUT2D eigenvalue weighted by atomic mass is 16.6. The SMILES string of the molecule is CCC(CO)NC1CCN(C(=O)OCC(C)C)CC1. The topological polar surface area (TPSA) is 61.8 Å². The second-order valence-corrected chi connectivity index (χ2v) is 5.69. The van der Waals surface area contributed by atoms with E-state index < -0.39 is 0 Å². The maximum atomic E-state index is 11.8. The average Bonchev–Trinajstić information content (AvgIpc) is 2.42. The summed E-state index contributed by atoms with van der Waals surface area (Å²) in [6.07, 6.45) is 2.58. The monoisotopic (exact) mass is 272 g/mol. The van der Waals surface area contributed by atoms with E-state index in [0.29, 0.717) is 18.6 Å². The van der Waals surface area contributed by atoms with E-state index in [-0.39, 0.29) is 18.7 Å². The number of nitrogens with zero attached hydrogens (tertiary/aromatic N) is 1. The number of ether oxygens (including phenoxy) is 1. The molecular weight excluding hydrogens is 244 g/mol. The van der Waals surface area contributed by atoms with Gasteiger partial charge in [-0.2, -0.15) is 0 Å². The zero-order valence-corrected chi connectivity index (χ0v) is 12.4. The molecule has 19 heavy (non-hydrogen) atoms. The second kappa shape index (κ2) is 8.38. The summed E-state index contributed by atoms with van der Waals surface area (Å²) in [7, 11) is 0. The number of amides is 1. The van der Waals surface area contributed by atoms with Crippen LogP contribution in [0.5, 0.6) is 0 Å². The maximum Gasteiger partial charge on any atom is 0.409 e. The first-order valence-corrected chi connectivity index (χ1v) is 7.35. The van der Waals surface area contributed by atoms with Gasteiger partial charge in [0.05, 0.1) is 13.2 Å². The minimum absolute atomic E-state index is 0.171. The number of carbonyl (C=O) groups excluding carboxylic acids is 1. The number of piperidine rings is 1. The molecule has 0 saturated carbocycles. The quantitative estimate of drug-likeness (QED) is 0.771. The summed E-state index contributed by atoms with van der Waals surface area (Å²) in [6.45, 7) is 8.25. The van der Waals surface area contributed by atoms with E-state index in [1.54, 1.807) is 4.90 Å². The third kappa shape index (κ3) is 5.78. The molecule has 0 radical (unpaired) electrons. The summed E-state index contributed by atoms with van der Waals surface area (Å²) >= 11 is 0. The van der Waals surface area contributed by atoms with Crippen molar-refractivity contribution in [3.8, 4) is 0 Å². The Labute approximate surface area is 116 Å². The summed E-state index contributed by atoms with van der Waals surface area (Å²) in [5, 5.41) is 12.6. The first kappa shape index (κ1) is 16.2. The standard InChI is InChI=1S/C14H28N2O3/c1-4-12(9-17)15-13-5-7-16(8-6-13)14(18)19-10-11(2)3/h11-13,15,17H,4-10H2,1-3H3. The van der Waals surface area contributed by atoms with E-state index in [1.807, 2.05) is 13.8 Å². The van der Waals surface area contributed by atoms with Crippen molar-refractivity contribution in [3.63, 3.8) is 0 Å². The van der Waals surface area contributed by atoms with Crippen LogP contribution in [-0.2, 0) is 4.74 Å². The van der Waals surface area contributed by atoms with Gasteiger partial charge < -0.3 is 20.1 Å². The smallest absolute Gasteiger partial charge is 0.409 e. The Bertz CT molecular complexity index is 259. The van der Waals surface area contributed by atoms with Crippen molar-refractivity contribution in [2.45, 2.75) is 52.1 Å². The van der Waals surface area contributed by atoms with Gasteiger partial charge in [0.15, 0.2) is 0 Å². The van der Waals surface area contributed by atoms with E-state index in [4.69, 9.17) is 4.74 Å². The van der Waals surface area contributed by atoms with E-state index in [1.165, 1.54) is 0 Å². The lowest BCUT2D eigenvalue weighted by Crippen LogP contribution is -2.48. The molecule has 0 aromatic rings. The van der Waals surface area contributed by atoms with Crippen molar-refractivity contribution in [1.29, 1.82) is 0 Å². The van der Waals surface area contributed by atoms with Crippen LogP contribution in [0.15, 0.2) is 0 Å². The van der Waals surface area contributed by atoms with Crippen molar-refractivity contribution in [2.24, 2.45) is 5.92 Å².